The second-order valence-electron chi connectivity index (χ2n) is 7.63. The van der Waals surface area contributed by atoms with Crippen molar-refractivity contribution in [3.63, 3.8) is 0 Å². The minimum absolute atomic E-state index is 0.108. The average molecular weight is 354 g/mol. The number of carbonyl (C=O) groups excluding carboxylic acids is 1. The van der Waals surface area contributed by atoms with Gasteiger partial charge >= 0.3 is 0 Å². The van der Waals surface area contributed by atoms with E-state index in [9.17, 15) is 4.79 Å². The molecular formula is C20H26N4O2. The number of amides is 1. The second kappa shape index (κ2) is 7.21. The van der Waals surface area contributed by atoms with Crippen LogP contribution in [0.25, 0.3) is 11.3 Å². The predicted octanol–water partition coefficient (Wildman–Crippen LogP) is 2.27. The van der Waals surface area contributed by atoms with E-state index in [4.69, 9.17) is 4.74 Å². The van der Waals surface area contributed by atoms with Gasteiger partial charge in [-0.3, -0.25) is 9.89 Å². The van der Waals surface area contributed by atoms with Gasteiger partial charge in [0.05, 0.1) is 18.4 Å². The quantitative estimate of drug-likeness (QED) is 0.787. The Morgan fingerprint density at radius 2 is 2.08 bits per heavy atom. The molecule has 2 aliphatic rings. The van der Waals surface area contributed by atoms with Crippen molar-refractivity contribution in [3.05, 3.63) is 41.6 Å². The summed E-state index contributed by atoms with van der Waals surface area (Å²) in [5.74, 6) is -0.134. The summed E-state index contributed by atoms with van der Waals surface area (Å²) >= 11 is 0. The fraction of sp³-hybridized carbons (Fsp3) is 0.500. The highest BCUT2D eigenvalue weighted by Crippen LogP contribution is 2.40. The molecule has 1 amide bonds. The van der Waals surface area contributed by atoms with Crippen LogP contribution in [0.1, 0.15) is 35.3 Å². The molecule has 6 nitrogen and oxygen atoms in total. The van der Waals surface area contributed by atoms with Gasteiger partial charge in [-0.25, -0.2) is 0 Å². The Bertz CT molecular complexity index is 762. The number of benzene rings is 1. The minimum atomic E-state index is -0.134. The van der Waals surface area contributed by atoms with Crippen molar-refractivity contribution in [2.45, 2.75) is 32.3 Å². The molecule has 1 atom stereocenters. The number of nitrogens with zero attached hydrogens (tertiary/aromatic N) is 1. The summed E-state index contributed by atoms with van der Waals surface area (Å²) < 4.78 is 5.95. The number of aromatic amines is 1. The Labute approximate surface area is 153 Å². The molecule has 1 spiro atoms. The number of piperidine rings is 1. The van der Waals surface area contributed by atoms with Crippen molar-refractivity contribution >= 4 is 5.91 Å². The van der Waals surface area contributed by atoms with Crippen molar-refractivity contribution < 1.29 is 9.53 Å². The Kier molecular flexibility index (Phi) is 4.78. The molecule has 1 aromatic heterocycles. The van der Waals surface area contributed by atoms with Gasteiger partial charge in [-0.2, -0.15) is 5.10 Å². The number of ether oxygens (including phenoxy) is 1. The van der Waals surface area contributed by atoms with Gasteiger partial charge in [0.15, 0.2) is 0 Å². The SMILES string of the molecule is Cc1ccc(-c2cc(C(=O)NC[C@H]3CC4(CCNCC4)CO3)[nH]n2)cc1. The molecule has 2 aliphatic heterocycles. The van der Waals surface area contributed by atoms with Gasteiger partial charge in [0.25, 0.3) is 5.91 Å². The van der Waals surface area contributed by atoms with Crippen LogP contribution in [0.3, 0.4) is 0 Å². The molecular weight excluding hydrogens is 328 g/mol. The van der Waals surface area contributed by atoms with Gasteiger partial charge in [-0.1, -0.05) is 29.8 Å². The minimum Gasteiger partial charge on any atom is -0.376 e. The number of aromatic nitrogens is 2. The number of hydrogen-bond donors (Lipinski definition) is 3. The summed E-state index contributed by atoms with van der Waals surface area (Å²) in [6.45, 7) is 5.55. The van der Waals surface area contributed by atoms with E-state index in [2.05, 4.69) is 20.8 Å². The second-order valence-corrected chi connectivity index (χ2v) is 7.63. The predicted molar refractivity (Wildman–Crippen MR) is 100.0 cm³/mol. The van der Waals surface area contributed by atoms with Gasteiger partial charge < -0.3 is 15.4 Å². The molecule has 26 heavy (non-hydrogen) atoms. The molecule has 2 fully saturated rings. The van der Waals surface area contributed by atoms with Crippen LogP contribution in [-0.2, 0) is 4.74 Å². The van der Waals surface area contributed by atoms with Gasteiger partial charge in [-0.05, 0) is 50.8 Å². The monoisotopic (exact) mass is 354 g/mol. The highest BCUT2D eigenvalue weighted by molar-refractivity contribution is 5.93. The Hall–Kier alpha value is -2.18. The number of carbonyl (C=O) groups is 1. The number of nitrogens with one attached hydrogen (secondary N) is 3. The van der Waals surface area contributed by atoms with E-state index in [-0.39, 0.29) is 12.0 Å². The summed E-state index contributed by atoms with van der Waals surface area (Å²) in [6, 6.07) is 9.90. The lowest BCUT2D eigenvalue weighted by atomic mass is 9.77. The summed E-state index contributed by atoms with van der Waals surface area (Å²) in [5, 5.41) is 13.5. The Balaban J connectivity index is 1.32. The molecule has 2 aromatic rings. The third-order valence-electron chi connectivity index (χ3n) is 5.61. The van der Waals surface area contributed by atoms with E-state index >= 15 is 0 Å². The fourth-order valence-corrected chi connectivity index (χ4v) is 3.94. The third kappa shape index (κ3) is 3.66. The van der Waals surface area contributed by atoms with Crippen LogP contribution in [-0.4, -0.2) is 48.4 Å². The molecule has 2 saturated heterocycles. The maximum atomic E-state index is 12.4. The molecule has 4 rings (SSSR count). The maximum Gasteiger partial charge on any atom is 0.269 e. The van der Waals surface area contributed by atoms with Crippen molar-refractivity contribution in [2.75, 3.05) is 26.2 Å². The zero-order chi connectivity index (χ0) is 18.0. The first-order chi connectivity index (χ1) is 12.6. The Morgan fingerprint density at radius 3 is 2.85 bits per heavy atom. The van der Waals surface area contributed by atoms with E-state index < -0.39 is 0 Å². The van der Waals surface area contributed by atoms with Crippen molar-refractivity contribution in [1.29, 1.82) is 0 Å². The molecule has 0 saturated carbocycles. The lowest BCUT2D eigenvalue weighted by molar-refractivity contribution is 0.0779. The number of aryl methyl sites for hydroxylation is 1. The maximum absolute atomic E-state index is 12.4. The molecule has 0 radical (unpaired) electrons. The van der Waals surface area contributed by atoms with Gasteiger partial charge in [0.2, 0.25) is 0 Å². The van der Waals surface area contributed by atoms with Crippen LogP contribution in [0.2, 0.25) is 0 Å². The van der Waals surface area contributed by atoms with Crippen LogP contribution < -0.4 is 10.6 Å². The molecule has 138 valence electrons. The largest absolute Gasteiger partial charge is 0.376 e. The fourth-order valence-electron chi connectivity index (χ4n) is 3.94. The molecule has 0 unspecified atom stereocenters. The van der Waals surface area contributed by atoms with Crippen LogP contribution in [0, 0.1) is 12.3 Å². The van der Waals surface area contributed by atoms with Crippen molar-refractivity contribution in [1.82, 2.24) is 20.8 Å². The summed E-state index contributed by atoms with van der Waals surface area (Å²) in [4.78, 5) is 12.4. The highest BCUT2D eigenvalue weighted by Gasteiger charge is 2.40. The van der Waals surface area contributed by atoms with Gasteiger partial charge in [0.1, 0.15) is 5.69 Å². The van der Waals surface area contributed by atoms with E-state index in [0.29, 0.717) is 17.7 Å². The summed E-state index contributed by atoms with van der Waals surface area (Å²) in [6.07, 6.45) is 3.47. The lowest BCUT2D eigenvalue weighted by Crippen LogP contribution is -2.38. The topological polar surface area (TPSA) is 79.0 Å². The molecule has 0 bridgehead atoms. The van der Waals surface area contributed by atoms with E-state index in [0.717, 1.165) is 50.2 Å². The van der Waals surface area contributed by atoms with Crippen LogP contribution in [0.15, 0.2) is 30.3 Å². The standard InChI is InChI=1S/C20H26N4O2/c1-14-2-4-15(5-3-14)17-10-18(24-23-17)19(25)22-12-16-11-20(13-26-16)6-8-21-9-7-20/h2-5,10,16,21H,6-9,11-13H2,1H3,(H,22,25)(H,23,24)/t16-/m1/s1. The van der Waals surface area contributed by atoms with Crippen LogP contribution in [0.4, 0.5) is 0 Å². The third-order valence-corrected chi connectivity index (χ3v) is 5.61. The van der Waals surface area contributed by atoms with E-state index in [1.807, 2.05) is 31.2 Å². The normalized spacial score (nSPS) is 21.8. The lowest BCUT2D eigenvalue weighted by Gasteiger charge is -2.32. The molecule has 3 N–H and O–H groups in total. The van der Waals surface area contributed by atoms with Gasteiger partial charge in [-0.15, -0.1) is 0 Å². The van der Waals surface area contributed by atoms with E-state index in [1.165, 1.54) is 5.56 Å². The van der Waals surface area contributed by atoms with E-state index in [1.54, 1.807) is 6.07 Å². The van der Waals surface area contributed by atoms with Crippen molar-refractivity contribution in [2.24, 2.45) is 5.41 Å². The molecule has 1 aromatic carbocycles. The number of hydrogen-bond acceptors (Lipinski definition) is 4. The van der Waals surface area contributed by atoms with Crippen molar-refractivity contribution in [3.8, 4) is 11.3 Å². The molecule has 0 aliphatic carbocycles. The molecule has 3 heterocycles. The first-order valence-electron chi connectivity index (χ1n) is 9.37. The van der Waals surface area contributed by atoms with Crippen LogP contribution in [0.5, 0.6) is 0 Å². The highest BCUT2D eigenvalue weighted by atomic mass is 16.5. The van der Waals surface area contributed by atoms with Crippen LogP contribution >= 0.6 is 0 Å². The summed E-state index contributed by atoms with van der Waals surface area (Å²) in [7, 11) is 0. The molecule has 6 heteroatoms. The smallest absolute Gasteiger partial charge is 0.269 e. The zero-order valence-corrected chi connectivity index (χ0v) is 15.2. The zero-order valence-electron chi connectivity index (χ0n) is 15.2. The first-order valence-corrected chi connectivity index (χ1v) is 9.37. The van der Waals surface area contributed by atoms with Gasteiger partial charge in [0, 0.05) is 12.1 Å². The summed E-state index contributed by atoms with van der Waals surface area (Å²) in [5.41, 5.74) is 3.77. The average Bonchev–Trinajstić information content (AvgIpc) is 3.29. The first kappa shape index (κ1) is 17.2. The number of rotatable bonds is 4. The Morgan fingerprint density at radius 1 is 1.31 bits per heavy atom. The number of H-pyrrole nitrogens is 1.